The molecule has 5 heteroatoms. The minimum atomic E-state index is -0.136. The highest BCUT2D eigenvalue weighted by atomic mass is 16.1. The zero-order chi connectivity index (χ0) is 13.7. The van der Waals surface area contributed by atoms with Gasteiger partial charge in [0.2, 0.25) is 0 Å². The van der Waals surface area contributed by atoms with Gasteiger partial charge in [-0.2, -0.15) is 0 Å². The Hall–Kier alpha value is -2.01. The maximum absolute atomic E-state index is 11.6. The van der Waals surface area contributed by atoms with Gasteiger partial charge in [0.25, 0.3) is 5.56 Å². The van der Waals surface area contributed by atoms with Gasteiger partial charge in [-0.15, -0.1) is 0 Å². The summed E-state index contributed by atoms with van der Waals surface area (Å²) in [5.74, 6) is 1.15. The molecule has 2 heterocycles. The van der Waals surface area contributed by atoms with Crippen LogP contribution in [-0.4, -0.2) is 21.5 Å². The third-order valence-corrected chi connectivity index (χ3v) is 2.61. The molecule has 5 nitrogen and oxygen atoms in total. The van der Waals surface area contributed by atoms with Crippen molar-refractivity contribution in [2.45, 2.75) is 20.4 Å². The first-order chi connectivity index (χ1) is 9.15. The van der Waals surface area contributed by atoms with Crippen LogP contribution in [0.15, 0.2) is 35.4 Å². The van der Waals surface area contributed by atoms with Crippen LogP contribution in [0.3, 0.4) is 0 Å². The first kappa shape index (κ1) is 13.4. The summed E-state index contributed by atoms with van der Waals surface area (Å²) in [6, 6.07) is 5.17. The smallest absolute Gasteiger partial charge is 0.251 e. The summed E-state index contributed by atoms with van der Waals surface area (Å²) >= 11 is 0. The van der Waals surface area contributed by atoms with Gasteiger partial charge in [0, 0.05) is 30.6 Å². The van der Waals surface area contributed by atoms with Crippen molar-refractivity contribution in [2.75, 3.05) is 6.54 Å². The quantitative estimate of drug-likeness (QED) is 0.854. The molecule has 0 bridgehead atoms. The third kappa shape index (κ3) is 3.99. The van der Waals surface area contributed by atoms with Crippen LogP contribution in [0.1, 0.15) is 19.5 Å². The van der Waals surface area contributed by atoms with Crippen molar-refractivity contribution < 1.29 is 0 Å². The standard InChI is InChI=1S/C14H18N4O/c1-10(2)8-16-9-12-7-13(19)18-14(17-12)11-3-5-15-6-4-11/h3-7,10,16H,8-9H2,1-2H3,(H,17,18,19). The van der Waals surface area contributed by atoms with Crippen molar-refractivity contribution in [2.24, 2.45) is 5.92 Å². The normalized spacial score (nSPS) is 10.9. The second-order valence-electron chi connectivity index (χ2n) is 4.85. The number of hydrogen-bond donors (Lipinski definition) is 2. The highest BCUT2D eigenvalue weighted by Gasteiger charge is 2.04. The fourth-order valence-corrected chi connectivity index (χ4v) is 1.73. The molecule has 0 saturated carbocycles. The van der Waals surface area contributed by atoms with Gasteiger partial charge in [0.05, 0.1) is 5.69 Å². The molecule has 0 aliphatic carbocycles. The number of hydrogen-bond acceptors (Lipinski definition) is 4. The molecular formula is C14H18N4O. The molecule has 100 valence electrons. The minimum absolute atomic E-state index is 0.136. The molecular weight excluding hydrogens is 240 g/mol. The summed E-state index contributed by atoms with van der Waals surface area (Å²) < 4.78 is 0. The Morgan fingerprint density at radius 1 is 1.32 bits per heavy atom. The average molecular weight is 258 g/mol. The molecule has 2 rings (SSSR count). The Kier molecular flexibility index (Phi) is 4.41. The summed E-state index contributed by atoms with van der Waals surface area (Å²) in [5.41, 5.74) is 1.47. The van der Waals surface area contributed by atoms with E-state index in [1.54, 1.807) is 12.4 Å². The van der Waals surface area contributed by atoms with Gasteiger partial charge in [-0.05, 0) is 24.6 Å². The van der Waals surface area contributed by atoms with Crippen molar-refractivity contribution in [1.82, 2.24) is 20.3 Å². The van der Waals surface area contributed by atoms with Crippen LogP contribution < -0.4 is 10.9 Å². The minimum Gasteiger partial charge on any atom is -0.311 e. The van der Waals surface area contributed by atoms with Crippen molar-refractivity contribution in [3.05, 3.63) is 46.6 Å². The summed E-state index contributed by atoms with van der Waals surface area (Å²) in [6.45, 7) is 5.78. The SMILES string of the molecule is CC(C)CNCc1cc(=O)[nH]c(-c2ccncc2)n1. The van der Waals surface area contributed by atoms with E-state index < -0.39 is 0 Å². The predicted octanol–water partition coefficient (Wildman–Crippen LogP) is 1.58. The second-order valence-corrected chi connectivity index (χ2v) is 4.85. The molecule has 0 saturated heterocycles. The van der Waals surface area contributed by atoms with Gasteiger partial charge in [-0.25, -0.2) is 4.98 Å². The van der Waals surface area contributed by atoms with E-state index in [1.165, 1.54) is 6.07 Å². The van der Waals surface area contributed by atoms with Gasteiger partial charge in [0.15, 0.2) is 0 Å². The lowest BCUT2D eigenvalue weighted by Gasteiger charge is -2.08. The third-order valence-electron chi connectivity index (χ3n) is 2.61. The van der Waals surface area contributed by atoms with Crippen LogP contribution >= 0.6 is 0 Å². The van der Waals surface area contributed by atoms with E-state index in [1.807, 2.05) is 12.1 Å². The Morgan fingerprint density at radius 2 is 2.05 bits per heavy atom. The monoisotopic (exact) mass is 258 g/mol. The van der Waals surface area contributed by atoms with E-state index in [4.69, 9.17) is 0 Å². The highest BCUT2D eigenvalue weighted by molar-refractivity contribution is 5.53. The lowest BCUT2D eigenvalue weighted by molar-refractivity contribution is 0.548. The van der Waals surface area contributed by atoms with Crippen LogP contribution in [0, 0.1) is 5.92 Å². The second kappa shape index (κ2) is 6.24. The summed E-state index contributed by atoms with van der Waals surface area (Å²) in [7, 11) is 0. The highest BCUT2D eigenvalue weighted by Crippen LogP contribution is 2.11. The van der Waals surface area contributed by atoms with Gasteiger partial charge >= 0.3 is 0 Å². The maximum Gasteiger partial charge on any atom is 0.251 e. The van der Waals surface area contributed by atoms with Crippen LogP contribution in [0.2, 0.25) is 0 Å². The van der Waals surface area contributed by atoms with E-state index in [9.17, 15) is 4.79 Å². The number of H-pyrrole nitrogens is 1. The van der Waals surface area contributed by atoms with Crippen LogP contribution in [-0.2, 0) is 6.54 Å². The number of nitrogens with one attached hydrogen (secondary N) is 2. The van der Waals surface area contributed by atoms with E-state index in [0.29, 0.717) is 18.3 Å². The van der Waals surface area contributed by atoms with Crippen LogP contribution in [0.4, 0.5) is 0 Å². The van der Waals surface area contributed by atoms with E-state index in [-0.39, 0.29) is 5.56 Å². The number of nitrogens with zero attached hydrogens (tertiary/aromatic N) is 2. The molecule has 0 spiro atoms. The van der Waals surface area contributed by atoms with Crippen molar-refractivity contribution in [3.63, 3.8) is 0 Å². The van der Waals surface area contributed by atoms with Gasteiger partial charge in [0.1, 0.15) is 5.82 Å². The van der Waals surface area contributed by atoms with E-state index in [2.05, 4.69) is 34.1 Å². The zero-order valence-electron chi connectivity index (χ0n) is 11.2. The first-order valence-electron chi connectivity index (χ1n) is 6.36. The van der Waals surface area contributed by atoms with E-state index in [0.717, 1.165) is 17.8 Å². The van der Waals surface area contributed by atoms with Gasteiger partial charge < -0.3 is 10.3 Å². The molecule has 0 fully saturated rings. The molecule has 0 atom stereocenters. The Balaban J connectivity index is 2.18. The molecule has 0 aliphatic rings. The maximum atomic E-state index is 11.6. The van der Waals surface area contributed by atoms with Crippen molar-refractivity contribution in [1.29, 1.82) is 0 Å². The molecule has 0 unspecified atom stereocenters. The Morgan fingerprint density at radius 3 is 2.74 bits per heavy atom. The molecule has 0 radical (unpaired) electrons. The molecule has 0 aliphatic heterocycles. The van der Waals surface area contributed by atoms with Crippen LogP contribution in [0.25, 0.3) is 11.4 Å². The number of pyridine rings is 1. The predicted molar refractivity (Wildman–Crippen MR) is 74.6 cm³/mol. The fraction of sp³-hybridized carbons (Fsp3) is 0.357. The number of aromatic amines is 1. The zero-order valence-corrected chi connectivity index (χ0v) is 11.2. The molecule has 2 N–H and O–H groups in total. The fourth-order valence-electron chi connectivity index (χ4n) is 1.73. The van der Waals surface area contributed by atoms with Gasteiger partial charge in [-0.3, -0.25) is 9.78 Å². The molecule has 2 aromatic rings. The van der Waals surface area contributed by atoms with Gasteiger partial charge in [-0.1, -0.05) is 13.8 Å². The molecule has 0 amide bonds. The van der Waals surface area contributed by atoms with Crippen LogP contribution in [0.5, 0.6) is 0 Å². The average Bonchev–Trinajstić information content (AvgIpc) is 2.39. The molecule has 2 aromatic heterocycles. The Bertz CT molecular complexity index is 577. The summed E-state index contributed by atoms with van der Waals surface area (Å²) in [5, 5.41) is 3.28. The topological polar surface area (TPSA) is 70.7 Å². The summed E-state index contributed by atoms with van der Waals surface area (Å²) in [6.07, 6.45) is 3.36. The number of rotatable bonds is 5. The summed E-state index contributed by atoms with van der Waals surface area (Å²) in [4.78, 5) is 22.8. The van der Waals surface area contributed by atoms with E-state index >= 15 is 0 Å². The Labute approximate surface area is 112 Å². The number of aromatic nitrogens is 3. The van der Waals surface area contributed by atoms with Crippen molar-refractivity contribution in [3.8, 4) is 11.4 Å². The molecule has 19 heavy (non-hydrogen) atoms. The van der Waals surface area contributed by atoms with Crippen molar-refractivity contribution >= 4 is 0 Å². The first-order valence-corrected chi connectivity index (χ1v) is 6.36. The lowest BCUT2D eigenvalue weighted by Crippen LogP contribution is -2.21. The largest absolute Gasteiger partial charge is 0.311 e. The molecule has 0 aromatic carbocycles. The lowest BCUT2D eigenvalue weighted by atomic mass is 10.2.